The Kier molecular flexibility index (Phi) is 2.79. The van der Waals surface area contributed by atoms with Crippen LogP contribution in [-0.2, 0) is 9.59 Å². The first kappa shape index (κ1) is 9.17. The zero-order chi connectivity index (χ0) is 9.14. The van der Waals surface area contributed by atoms with Crippen LogP contribution in [-0.4, -0.2) is 11.6 Å². The van der Waals surface area contributed by atoms with Gasteiger partial charge in [-0.25, -0.2) is 0 Å². The van der Waals surface area contributed by atoms with E-state index in [1.807, 2.05) is 12.2 Å². The molecule has 0 aromatic carbocycles. The van der Waals surface area contributed by atoms with E-state index in [1.165, 1.54) is 0 Å². The van der Waals surface area contributed by atoms with Crippen LogP contribution in [0.1, 0.15) is 26.7 Å². The highest BCUT2D eigenvalue weighted by molar-refractivity contribution is 5.88. The van der Waals surface area contributed by atoms with E-state index < -0.39 is 0 Å². The minimum atomic E-state index is -0.0625. The fraction of sp³-hybridized carbons (Fsp3) is 0.600. The quantitative estimate of drug-likeness (QED) is 0.585. The lowest BCUT2D eigenvalue weighted by Gasteiger charge is -2.23. The van der Waals surface area contributed by atoms with Gasteiger partial charge in [-0.1, -0.05) is 12.2 Å². The van der Waals surface area contributed by atoms with Crippen molar-refractivity contribution in [3.8, 4) is 0 Å². The second kappa shape index (κ2) is 3.65. The Labute approximate surface area is 72.7 Å². The van der Waals surface area contributed by atoms with Gasteiger partial charge in [-0.3, -0.25) is 9.59 Å². The molecule has 2 heteroatoms. The summed E-state index contributed by atoms with van der Waals surface area (Å²) in [6.07, 6.45) is 5.45. The van der Waals surface area contributed by atoms with Gasteiger partial charge in [0.05, 0.1) is 0 Å². The van der Waals surface area contributed by atoms with Crippen LogP contribution in [0.15, 0.2) is 12.2 Å². The molecule has 0 heterocycles. The molecule has 0 saturated heterocycles. The van der Waals surface area contributed by atoms with Crippen LogP contribution in [0.25, 0.3) is 0 Å². The van der Waals surface area contributed by atoms with E-state index >= 15 is 0 Å². The summed E-state index contributed by atoms with van der Waals surface area (Å²) in [5.74, 6) is 0.152. The molecule has 0 aromatic heterocycles. The summed E-state index contributed by atoms with van der Waals surface area (Å²) >= 11 is 0. The minimum absolute atomic E-state index is 0.0625. The Morgan fingerprint density at radius 2 is 1.33 bits per heavy atom. The summed E-state index contributed by atoms with van der Waals surface area (Å²) in [7, 11) is 0. The minimum Gasteiger partial charge on any atom is -0.300 e. The van der Waals surface area contributed by atoms with Gasteiger partial charge in [-0.15, -0.1) is 0 Å². The number of ketones is 2. The van der Waals surface area contributed by atoms with Crippen molar-refractivity contribution in [2.45, 2.75) is 26.7 Å². The van der Waals surface area contributed by atoms with Crippen molar-refractivity contribution in [1.82, 2.24) is 0 Å². The first-order chi connectivity index (χ1) is 5.63. The third-order valence-corrected chi connectivity index (χ3v) is 2.48. The molecule has 1 aliphatic rings. The first-order valence-corrected chi connectivity index (χ1v) is 4.29. The highest BCUT2D eigenvalue weighted by Gasteiger charge is 2.29. The molecule has 2 nitrogen and oxygen atoms in total. The summed E-state index contributed by atoms with van der Waals surface area (Å²) in [5.41, 5.74) is 0. The molecule has 12 heavy (non-hydrogen) atoms. The Bertz CT molecular complexity index is 204. The molecule has 0 spiro atoms. The standard InChI is InChI=1S/C10H14O2/c1-7(11)9-5-3-4-6-10(9)8(2)12/h3-4,9-10H,5-6H2,1-2H3. The maximum atomic E-state index is 11.1. The van der Waals surface area contributed by atoms with E-state index in [0.29, 0.717) is 0 Å². The second-order valence-electron chi connectivity index (χ2n) is 3.38. The maximum absolute atomic E-state index is 11.1. The van der Waals surface area contributed by atoms with Gasteiger partial charge >= 0.3 is 0 Å². The van der Waals surface area contributed by atoms with Crippen LogP contribution < -0.4 is 0 Å². The SMILES string of the molecule is CC(=O)C1CC=CCC1C(C)=O. The molecule has 0 fully saturated rings. The zero-order valence-electron chi connectivity index (χ0n) is 7.54. The van der Waals surface area contributed by atoms with Gasteiger partial charge in [0.2, 0.25) is 0 Å². The average molecular weight is 166 g/mol. The number of rotatable bonds is 2. The fourth-order valence-electron chi connectivity index (χ4n) is 1.71. The molecular formula is C10H14O2. The number of carbonyl (C=O) groups excluding carboxylic acids is 2. The predicted molar refractivity (Wildman–Crippen MR) is 46.7 cm³/mol. The van der Waals surface area contributed by atoms with Crippen LogP contribution in [0.5, 0.6) is 0 Å². The van der Waals surface area contributed by atoms with E-state index in [4.69, 9.17) is 0 Å². The number of allylic oxidation sites excluding steroid dienone is 2. The largest absolute Gasteiger partial charge is 0.300 e. The van der Waals surface area contributed by atoms with Crippen molar-refractivity contribution < 1.29 is 9.59 Å². The third kappa shape index (κ3) is 1.81. The van der Waals surface area contributed by atoms with E-state index in [2.05, 4.69) is 0 Å². The molecule has 66 valence electrons. The van der Waals surface area contributed by atoms with Crippen molar-refractivity contribution in [1.29, 1.82) is 0 Å². The van der Waals surface area contributed by atoms with E-state index in [9.17, 15) is 9.59 Å². The molecule has 0 saturated carbocycles. The molecule has 0 aromatic rings. The summed E-state index contributed by atoms with van der Waals surface area (Å²) in [6.45, 7) is 3.14. The van der Waals surface area contributed by atoms with Crippen molar-refractivity contribution >= 4 is 11.6 Å². The first-order valence-electron chi connectivity index (χ1n) is 4.29. The van der Waals surface area contributed by atoms with E-state index in [0.717, 1.165) is 12.8 Å². The molecule has 1 rings (SSSR count). The van der Waals surface area contributed by atoms with Crippen molar-refractivity contribution in [2.24, 2.45) is 11.8 Å². The molecule has 1 aliphatic carbocycles. The number of Topliss-reactive ketones (excluding diaryl/α,β-unsaturated/α-hetero) is 2. The van der Waals surface area contributed by atoms with Crippen molar-refractivity contribution in [3.63, 3.8) is 0 Å². The van der Waals surface area contributed by atoms with Crippen LogP contribution in [0, 0.1) is 11.8 Å². The van der Waals surface area contributed by atoms with E-state index in [-0.39, 0.29) is 23.4 Å². The topological polar surface area (TPSA) is 34.1 Å². The van der Waals surface area contributed by atoms with Crippen LogP contribution in [0.4, 0.5) is 0 Å². The van der Waals surface area contributed by atoms with Gasteiger partial charge in [-0.2, -0.15) is 0 Å². The molecule has 2 atom stereocenters. The fourth-order valence-corrected chi connectivity index (χ4v) is 1.71. The Morgan fingerprint density at radius 3 is 1.58 bits per heavy atom. The lowest BCUT2D eigenvalue weighted by molar-refractivity contribution is -0.130. The smallest absolute Gasteiger partial charge is 0.133 e. The van der Waals surface area contributed by atoms with Gasteiger partial charge in [0.25, 0.3) is 0 Å². The summed E-state index contributed by atoms with van der Waals surface area (Å²) in [6, 6.07) is 0. The number of carbonyl (C=O) groups is 2. The summed E-state index contributed by atoms with van der Waals surface area (Å²) < 4.78 is 0. The highest BCUT2D eigenvalue weighted by Crippen LogP contribution is 2.26. The molecule has 0 aliphatic heterocycles. The van der Waals surface area contributed by atoms with Crippen LogP contribution in [0.2, 0.25) is 0 Å². The van der Waals surface area contributed by atoms with Crippen LogP contribution in [0.3, 0.4) is 0 Å². The lowest BCUT2D eigenvalue weighted by atomic mass is 9.79. The molecule has 0 amide bonds. The molecule has 0 N–H and O–H groups in total. The Morgan fingerprint density at radius 1 is 1.00 bits per heavy atom. The van der Waals surface area contributed by atoms with Crippen molar-refractivity contribution in [2.75, 3.05) is 0 Å². The monoisotopic (exact) mass is 166 g/mol. The Hall–Kier alpha value is -0.920. The second-order valence-corrected chi connectivity index (χ2v) is 3.38. The third-order valence-electron chi connectivity index (χ3n) is 2.48. The van der Waals surface area contributed by atoms with Gasteiger partial charge < -0.3 is 0 Å². The number of hydrogen-bond acceptors (Lipinski definition) is 2. The molecular weight excluding hydrogens is 152 g/mol. The Balaban J connectivity index is 2.76. The van der Waals surface area contributed by atoms with Gasteiger partial charge in [0.1, 0.15) is 11.6 Å². The highest BCUT2D eigenvalue weighted by atomic mass is 16.1. The lowest BCUT2D eigenvalue weighted by Crippen LogP contribution is -2.28. The molecule has 0 bridgehead atoms. The van der Waals surface area contributed by atoms with Crippen molar-refractivity contribution in [3.05, 3.63) is 12.2 Å². The summed E-state index contributed by atoms with van der Waals surface area (Å²) in [5, 5.41) is 0. The zero-order valence-corrected chi connectivity index (χ0v) is 7.54. The molecule has 2 unspecified atom stereocenters. The summed E-state index contributed by atoms with van der Waals surface area (Å²) in [4.78, 5) is 22.3. The van der Waals surface area contributed by atoms with Gasteiger partial charge in [-0.05, 0) is 26.7 Å². The predicted octanol–water partition coefficient (Wildman–Crippen LogP) is 1.75. The molecule has 0 radical (unpaired) electrons. The van der Waals surface area contributed by atoms with Crippen LogP contribution >= 0.6 is 0 Å². The number of hydrogen-bond donors (Lipinski definition) is 0. The van der Waals surface area contributed by atoms with E-state index in [1.54, 1.807) is 13.8 Å². The average Bonchev–Trinajstić information content (AvgIpc) is 2.04. The van der Waals surface area contributed by atoms with Gasteiger partial charge in [0, 0.05) is 11.8 Å². The normalized spacial score (nSPS) is 28.5. The maximum Gasteiger partial charge on any atom is 0.133 e. The van der Waals surface area contributed by atoms with Gasteiger partial charge in [0.15, 0.2) is 0 Å².